The molecule has 7 nitrogen and oxygen atoms in total. The first-order chi connectivity index (χ1) is 15.4. The van der Waals surface area contributed by atoms with Crippen molar-refractivity contribution < 1.29 is 29.3 Å². The number of hydrogen-bond acceptors (Lipinski definition) is 4. The lowest BCUT2D eigenvalue weighted by Crippen LogP contribution is -2.31. The maximum absolute atomic E-state index is 12.5. The molecule has 0 saturated heterocycles. The number of carbonyl (C=O) groups excluding carboxylic acids is 1. The predicted octanol–water partition coefficient (Wildman–Crippen LogP) is 4.44. The zero-order chi connectivity index (χ0) is 22.7. The summed E-state index contributed by atoms with van der Waals surface area (Å²) < 4.78 is 5.50. The van der Waals surface area contributed by atoms with Crippen LogP contribution in [0.3, 0.4) is 0 Å². The van der Waals surface area contributed by atoms with E-state index in [1.807, 2.05) is 48.5 Å². The summed E-state index contributed by atoms with van der Waals surface area (Å²) in [4.78, 5) is 34.9. The van der Waals surface area contributed by atoms with Crippen molar-refractivity contribution in [3.8, 4) is 11.1 Å². The van der Waals surface area contributed by atoms with Crippen molar-refractivity contribution in [1.29, 1.82) is 0 Å². The Morgan fingerprint density at radius 3 is 1.94 bits per heavy atom. The minimum atomic E-state index is -1.10. The van der Waals surface area contributed by atoms with E-state index >= 15 is 0 Å². The normalized spacial score (nSPS) is 13.0. The number of fused-ring (bicyclic) bond motifs is 3. The van der Waals surface area contributed by atoms with Crippen LogP contribution in [0.25, 0.3) is 11.1 Å². The van der Waals surface area contributed by atoms with Crippen LogP contribution in [-0.4, -0.2) is 34.9 Å². The summed E-state index contributed by atoms with van der Waals surface area (Å²) in [6.07, 6.45) is -1.10. The van der Waals surface area contributed by atoms with Crippen molar-refractivity contribution >= 4 is 18.0 Å². The van der Waals surface area contributed by atoms with Crippen LogP contribution in [-0.2, 0) is 9.53 Å². The van der Waals surface area contributed by atoms with Crippen molar-refractivity contribution in [2.45, 2.75) is 18.4 Å². The van der Waals surface area contributed by atoms with E-state index in [1.54, 1.807) is 0 Å². The summed E-state index contributed by atoms with van der Waals surface area (Å²) >= 11 is 0. The standard InChI is InChI=1S/C25H21NO6/c27-23(28)13-22(15-9-11-16(12-10-15)24(29)30)26-25(31)32-14-21-19-7-3-1-5-17(19)18-6-2-4-8-20(18)21/h1-12,21-22H,13-14H2,(H,26,31)(H,27,28)(H,29,30)/t22-/m1/s1. The fraction of sp³-hybridized carbons (Fsp3) is 0.160. The number of aliphatic carboxylic acids is 1. The second kappa shape index (κ2) is 8.93. The SMILES string of the molecule is O=C(O)C[C@@H](NC(=O)OCC1c2ccccc2-c2ccccc21)c1ccc(C(=O)O)cc1. The van der Waals surface area contributed by atoms with Gasteiger partial charge in [-0.25, -0.2) is 9.59 Å². The number of aromatic carboxylic acids is 1. The molecule has 3 aromatic rings. The lowest BCUT2D eigenvalue weighted by Gasteiger charge is -2.19. The Kier molecular flexibility index (Phi) is 5.89. The highest BCUT2D eigenvalue weighted by molar-refractivity contribution is 5.87. The number of rotatable bonds is 7. The first-order valence-electron chi connectivity index (χ1n) is 10.1. The van der Waals surface area contributed by atoms with Gasteiger partial charge in [0.25, 0.3) is 0 Å². The molecule has 162 valence electrons. The maximum atomic E-state index is 12.5. The number of ether oxygens (including phenoxy) is 1. The molecule has 3 aromatic carbocycles. The molecule has 0 radical (unpaired) electrons. The van der Waals surface area contributed by atoms with Gasteiger partial charge in [0.1, 0.15) is 6.61 Å². The summed E-state index contributed by atoms with van der Waals surface area (Å²) in [5.74, 6) is -2.30. The van der Waals surface area contributed by atoms with Gasteiger partial charge in [0.05, 0.1) is 18.0 Å². The third-order valence-corrected chi connectivity index (χ3v) is 5.57. The molecule has 0 aromatic heterocycles. The number of hydrogen-bond donors (Lipinski definition) is 3. The number of carboxylic acid groups (broad SMARTS) is 2. The van der Waals surface area contributed by atoms with Crippen LogP contribution in [0.2, 0.25) is 0 Å². The van der Waals surface area contributed by atoms with E-state index in [1.165, 1.54) is 24.3 Å². The number of nitrogens with one attached hydrogen (secondary N) is 1. The fourth-order valence-corrected chi connectivity index (χ4v) is 4.07. The van der Waals surface area contributed by atoms with E-state index < -0.39 is 24.1 Å². The largest absolute Gasteiger partial charge is 0.481 e. The molecular weight excluding hydrogens is 410 g/mol. The molecule has 32 heavy (non-hydrogen) atoms. The van der Waals surface area contributed by atoms with Gasteiger partial charge in [0.2, 0.25) is 0 Å². The summed E-state index contributed by atoms with van der Waals surface area (Å²) in [6.45, 7) is 0.109. The van der Waals surface area contributed by atoms with Crippen LogP contribution in [0.5, 0.6) is 0 Å². The van der Waals surface area contributed by atoms with Crippen LogP contribution in [0.15, 0.2) is 72.8 Å². The molecule has 1 aliphatic rings. The second-order valence-electron chi connectivity index (χ2n) is 7.55. The molecule has 7 heteroatoms. The van der Waals surface area contributed by atoms with Gasteiger partial charge in [-0.3, -0.25) is 4.79 Å². The number of amides is 1. The topological polar surface area (TPSA) is 113 Å². The Bertz CT molecular complexity index is 1130. The average Bonchev–Trinajstić information content (AvgIpc) is 3.11. The van der Waals surface area contributed by atoms with Gasteiger partial charge in [-0.2, -0.15) is 0 Å². The Balaban J connectivity index is 1.47. The highest BCUT2D eigenvalue weighted by atomic mass is 16.5. The van der Waals surface area contributed by atoms with Gasteiger partial charge in [-0.05, 0) is 39.9 Å². The van der Waals surface area contributed by atoms with Gasteiger partial charge in [0, 0.05) is 5.92 Å². The van der Waals surface area contributed by atoms with Gasteiger partial charge in [0.15, 0.2) is 0 Å². The monoisotopic (exact) mass is 431 g/mol. The van der Waals surface area contributed by atoms with Gasteiger partial charge >= 0.3 is 18.0 Å². The zero-order valence-corrected chi connectivity index (χ0v) is 17.0. The minimum absolute atomic E-state index is 0.0731. The van der Waals surface area contributed by atoms with Gasteiger partial charge in [-0.15, -0.1) is 0 Å². The summed E-state index contributed by atoms with van der Waals surface area (Å²) in [5.41, 5.74) is 4.93. The number of benzene rings is 3. The third-order valence-electron chi connectivity index (χ3n) is 5.57. The van der Waals surface area contributed by atoms with Crippen LogP contribution in [0.1, 0.15) is 45.4 Å². The molecule has 0 spiro atoms. The molecule has 1 amide bonds. The first-order valence-corrected chi connectivity index (χ1v) is 10.1. The van der Waals surface area contributed by atoms with Crippen LogP contribution >= 0.6 is 0 Å². The van der Waals surface area contributed by atoms with E-state index in [0.717, 1.165) is 22.3 Å². The molecule has 0 heterocycles. The summed E-state index contributed by atoms with van der Waals surface area (Å²) in [6, 6.07) is 20.8. The lowest BCUT2D eigenvalue weighted by molar-refractivity contribution is -0.137. The molecule has 3 N–H and O–H groups in total. The minimum Gasteiger partial charge on any atom is -0.481 e. The van der Waals surface area contributed by atoms with E-state index in [4.69, 9.17) is 9.84 Å². The molecule has 1 atom stereocenters. The Morgan fingerprint density at radius 1 is 0.844 bits per heavy atom. The quantitative estimate of drug-likeness (QED) is 0.510. The van der Waals surface area contributed by atoms with Crippen molar-refractivity contribution in [3.05, 3.63) is 95.1 Å². The van der Waals surface area contributed by atoms with E-state index in [2.05, 4.69) is 5.32 Å². The molecule has 1 aliphatic carbocycles. The number of carbonyl (C=O) groups is 3. The molecule has 0 unspecified atom stereocenters. The molecule has 0 saturated carbocycles. The molecule has 0 fully saturated rings. The van der Waals surface area contributed by atoms with Crippen LogP contribution in [0.4, 0.5) is 4.79 Å². The van der Waals surface area contributed by atoms with Gasteiger partial charge in [-0.1, -0.05) is 60.7 Å². The summed E-state index contributed by atoms with van der Waals surface area (Å²) in [7, 11) is 0. The Labute approximate surface area is 184 Å². The maximum Gasteiger partial charge on any atom is 0.407 e. The lowest BCUT2D eigenvalue weighted by atomic mass is 9.98. The summed E-state index contributed by atoms with van der Waals surface area (Å²) in [5, 5.41) is 20.9. The second-order valence-corrected chi connectivity index (χ2v) is 7.55. The first kappa shape index (κ1) is 21.1. The Morgan fingerprint density at radius 2 is 1.41 bits per heavy atom. The van der Waals surface area contributed by atoms with Crippen molar-refractivity contribution in [3.63, 3.8) is 0 Å². The molecular formula is C25H21NO6. The van der Waals surface area contributed by atoms with Crippen molar-refractivity contribution in [2.75, 3.05) is 6.61 Å². The number of alkyl carbamates (subject to hydrolysis) is 1. The highest BCUT2D eigenvalue weighted by Crippen LogP contribution is 2.44. The van der Waals surface area contributed by atoms with E-state index in [-0.39, 0.29) is 24.5 Å². The third kappa shape index (κ3) is 4.32. The smallest absolute Gasteiger partial charge is 0.407 e. The predicted molar refractivity (Wildman–Crippen MR) is 117 cm³/mol. The fourth-order valence-electron chi connectivity index (χ4n) is 4.07. The molecule has 0 bridgehead atoms. The molecule has 0 aliphatic heterocycles. The van der Waals surface area contributed by atoms with Gasteiger partial charge < -0.3 is 20.3 Å². The van der Waals surface area contributed by atoms with Crippen LogP contribution in [0, 0.1) is 0 Å². The molecule has 4 rings (SSSR count). The Hall–Kier alpha value is -4.13. The van der Waals surface area contributed by atoms with E-state index in [0.29, 0.717) is 5.56 Å². The average molecular weight is 431 g/mol. The van der Waals surface area contributed by atoms with Crippen molar-refractivity contribution in [2.24, 2.45) is 0 Å². The van der Waals surface area contributed by atoms with E-state index in [9.17, 15) is 19.5 Å². The number of carboxylic acids is 2. The highest BCUT2D eigenvalue weighted by Gasteiger charge is 2.29. The zero-order valence-electron chi connectivity index (χ0n) is 17.0. The van der Waals surface area contributed by atoms with Crippen molar-refractivity contribution in [1.82, 2.24) is 5.32 Å². The van der Waals surface area contributed by atoms with Crippen LogP contribution < -0.4 is 5.32 Å².